The molecule has 2 heterocycles. The Morgan fingerprint density at radius 1 is 0.944 bits per heavy atom. The van der Waals surface area contributed by atoms with Gasteiger partial charge in [0.25, 0.3) is 5.60 Å². The molecule has 188 valence electrons. The SMILES string of the molecule is C[C@@]1(c2ccccc2)CN(c2ncc(C#N)cn2)C[C@@H]1c1ccc(C(O)(C(F)(F)F)C(F)(F)F)cc1. The number of rotatable bonds is 4. The average Bonchev–Trinajstić information content (AvgIpc) is 3.21. The molecule has 4 rings (SSSR count). The first-order valence-corrected chi connectivity index (χ1v) is 10.8. The van der Waals surface area contributed by atoms with Crippen molar-refractivity contribution in [1.82, 2.24) is 9.97 Å². The number of nitriles is 1. The van der Waals surface area contributed by atoms with Gasteiger partial charge >= 0.3 is 12.4 Å². The fourth-order valence-electron chi connectivity index (χ4n) is 4.72. The number of halogens is 6. The molecule has 0 bridgehead atoms. The Hall–Kier alpha value is -3.65. The highest BCUT2D eigenvalue weighted by atomic mass is 19.4. The summed E-state index contributed by atoms with van der Waals surface area (Å²) < 4.78 is 79.9. The Balaban J connectivity index is 1.75. The Morgan fingerprint density at radius 3 is 2.00 bits per heavy atom. The topological polar surface area (TPSA) is 73.0 Å². The van der Waals surface area contributed by atoms with Gasteiger partial charge in [0.2, 0.25) is 5.95 Å². The van der Waals surface area contributed by atoms with E-state index in [0.717, 1.165) is 5.56 Å². The largest absolute Gasteiger partial charge is 0.430 e. The monoisotopic (exact) mass is 506 g/mol. The van der Waals surface area contributed by atoms with E-state index in [9.17, 15) is 31.4 Å². The van der Waals surface area contributed by atoms with E-state index in [0.29, 0.717) is 36.7 Å². The van der Waals surface area contributed by atoms with Gasteiger partial charge < -0.3 is 10.0 Å². The molecule has 1 fully saturated rings. The van der Waals surface area contributed by atoms with Crippen LogP contribution in [0.1, 0.15) is 35.1 Å². The van der Waals surface area contributed by atoms with Crippen molar-refractivity contribution in [2.75, 3.05) is 18.0 Å². The molecular formula is C25H20F6N4O. The van der Waals surface area contributed by atoms with E-state index in [4.69, 9.17) is 5.26 Å². The van der Waals surface area contributed by atoms with Crippen molar-refractivity contribution in [1.29, 1.82) is 5.26 Å². The van der Waals surface area contributed by atoms with Crippen molar-refractivity contribution >= 4 is 5.95 Å². The molecule has 11 heteroatoms. The van der Waals surface area contributed by atoms with Gasteiger partial charge in [-0.15, -0.1) is 0 Å². The fourth-order valence-corrected chi connectivity index (χ4v) is 4.72. The van der Waals surface area contributed by atoms with E-state index in [1.54, 1.807) is 0 Å². The lowest BCUT2D eigenvalue weighted by molar-refractivity contribution is -0.376. The van der Waals surface area contributed by atoms with Gasteiger partial charge in [-0.05, 0) is 11.1 Å². The fraction of sp³-hybridized carbons (Fsp3) is 0.320. The van der Waals surface area contributed by atoms with Crippen molar-refractivity contribution < 1.29 is 31.4 Å². The summed E-state index contributed by atoms with van der Waals surface area (Å²) in [7, 11) is 0. The van der Waals surface area contributed by atoms with Crippen LogP contribution in [-0.2, 0) is 11.0 Å². The lowest BCUT2D eigenvalue weighted by Gasteiger charge is -2.34. The standard InChI is InChI=1S/C25H20F6N4O/c1-22(18-5-3-2-4-6-18)15-35(21-33-12-16(11-32)13-34-21)14-20(22)17-7-9-19(10-8-17)23(36,24(26,27)28)25(29,30)31/h2-10,12-13,20,36H,14-15H2,1H3/t20-,22+/m1/s1. The van der Waals surface area contributed by atoms with Crippen LogP contribution in [0, 0.1) is 11.3 Å². The molecule has 1 aromatic heterocycles. The lowest BCUT2D eigenvalue weighted by atomic mass is 9.71. The van der Waals surface area contributed by atoms with Gasteiger partial charge in [0.15, 0.2) is 0 Å². The number of benzene rings is 2. The van der Waals surface area contributed by atoms with Crippen LogP contribution in [-0.4, -0.2) is 40.5 Å². The van der Waals surface area contributed by atoms with E-state index >= 15 is 0 Å². The summed E-state index contributed by atoms with van der Waals surface area (Å²) in [6.07, 6.45) is -9.16. The van der Waals surface area contributed by atoms with Crippen LogP contribution in [0.15, 0.2) is 67.0 Å². The Bertz CT molecular complexity index is 1240. The first-order valence-electron chi connectivity index (χ1n) is 10.8. The van der Waals surface area contributed by atoms with Gasteiger partial charge in [-0.2, -0.15) is 31.6 Å². The van der Waals surface area contributed by atoms with Gasteiger partial charge in [0.1, 0.15) is 6.07 Å². The van der Waals surface area contributed by atoms with Crippen molar-refractivity contribution in [3.63, 3.8) is 0 Å². The van der Waals surface area contributed by atoms with Gasteiger partial charge in [0.05, 0.1) is 18.0 Å². The van der Waals surface area contributed by atoms with E-state index in [1.165, 1.54) is 24.5 Å². The minimum absolute atomic E-state index is 0.276. The summed E-state index contributed by atoms with van der Waals surface area (Å²) >= 11 is 0. The zero-order valence-corrected chi connectivity index (χ0v) is 18.8. The highest BCUT2D eigenvalue weighted by Crippen LogP contribution is 2.51. The molecule has 5 nitrogen and oxygen atoms in total. The number of aromatic nitrogens is 2. The maximum Gasteiger partial charge on any atom is 0.430 e. The second kappa shape index (κ2) is 8.78. The minimum atomic E-state index is -5.96. The van der Waals surface area contributed by atoms with Gasteiger partial charge in [-0.3, -0.25) is 0 Å². The van der Waals surface area contributed by atoms with Crippen LogP contribution in [0.2, 0.25) is 0 Å². The third-order valence-electron chi connectivity index (χ3n) is 6.73. The lowest BCUT2D eigenvalue weighted by Crippen LogP contribution is -2.53. The highest BCUT2D eigenvalue weighted by molar-refractivity contribution is 5.46. The highest BCUT2D eigenvalue weighted by Gasteiger charge is 2.71. The number of anilines is 1. The van der Waals surface area contributed by atoms with Crippen LogP contribution in [0.3, 0.4) is 0 Å². The van der Waals surface area contributed by atoms with Crippen LogP contribution < -0.4 is 4.90 Å². The molecule has 36 heavy (non-hydrogen) atoms. The van der Waals surface area contributed by atoms with Crippen molar-refractivity contribution in [2.24, 2.45) is 0 Å². The maximum absolute atomic E-state index is 13.3. The first kappa shape index (κ1) is 25.4. The van der Waals surface area contributed by atoms with Crippen LogP contribution in [0.25, 0.3) is 0 Å². The zero-order valence-electron chi connectivity index (χ0n) is 18.8. The Morgan fingerprint density at radius 2 is 1.50 bits per heavy atom. The maximum atomic E-state index is 13.3. The van der Waals surface area contributed by atoms with E-state index in [-0.39, 0.29) is 11.5 Å². The molecule has 0 aliphatic carbocycles. The molecular weight excluding hydrogens is 486 g/mol. The summed E-state index contributed by atoms with van der Waals surface area (Å²) in [5.41, 5.74) is -5.22. The summed E-state index contributed by atoms with van der Waals surface area (Å²) in [4.78, 5) is 10.3. The van der Waals surface area contributed by atoms with Crippen molar-refractivity contribution in [3.8, 4) is 6.07 Å². The number of nitrogens with zero attached hydrogens (tertiary/aromatic N) is 4. The molecule has 0 spiro atoms. The predicted molar refractivity (Wildman–Crippen MR) is 118 cm³/mol. The second-order valence-corrected chi connectivity index (χ2v) is 8.93. The third kappa shape index (κ3) is 4.15. The first-order chi connectivity index (χ1) is 16.8. The van der Waals surface area contributed by atoms with Crippen LogP contribution in [0.4, 0.5) is 32.3 Å². The zero-order chi connectivity index (χ0) is 26.4. The van der Waals surface area contributed by atoms with Gasteiger partial charge in [-0.25, -0.2) is 9.97 Å². The number of hydrogen-bond donors (Lipinski definition) is 1. The summed E-state index contributed by atoms with van der Waals surface area (Å²) in [6.45, 7) is 2.68. The van der Waals surface area contributed by atoms with Gasteiger partial charge in [0, 0.05) is 30.0 Å². The van der Waals surface area contributed by atoms with Crippen LogP contribution in [0.5, 0.6) is 0 Å². The molecule has 0 unspecified atom stereocenters. The van der Waals surface area contributed by atoms with E-state index < -0.39 is 28.9 Å². The molecule has 2 atom stereocenters. The summed E-state index contributed by atoms with van der Waals surface area (Å²) in [6, 6.07) is 15.0. The quantitative estimate of drug-likeness (QED) is 0.491. The van der Waals surface area contributed by atoms with Gasteiger partial charge in [-0.1, -0.05) is 61.5 Å². The van der Waals surface area contributed by atoms with Crippen molar-refractivity contribution in [2.45, 2.75) is 36.2 Å². The number of hydrogen-bond acceptors (Lipinski definition) is 5. The van der Waals surface area contributed by atoms with Crippen molar-refractivity contribution in [3.05, 3.63) is 89.2 Å². The summed E-state index contributed by atoms with van der Waals surface area (Å²) in [5, 5.41) is 18.7. The molecule has 1 aliphatic rings. The molecule has 0 saturated carbocycles. The summed E-state index contributed by atoms with van der Waals surface area (Å²) in [5.74, 6) is -0.0168. The molecule has 0 amide bonds. The van der Waals surface area contributed by atoms with Crippen LogP contribution >= 0.6 is 0 Å². The predicted octanol–water partition coefficient (Wildman–Crippen LogP) is 5.22. The Kier molecular flexibility index (Phi) is 6.21. The number of alkyl halides is 6. The normalized spacial score (nSPS) is 20.9. The molecule has 3 aromatic rings. The molecule has 2 aromatic carbocycles. The minimum Gasteiger partial charge on any atom is -0.369 e. The third-order valence-corrected chi connectivity index (χ3v) is 6.73. The average molecular weight is 506 g/mol. The molecule has 1 saturated heterocycles. The molecule has 1 aliphatic heterocycles. The van der Waals surface area contributed by atoms with E-state index in [2.05, 4.69) is 9.97 Å². The molecule has 0 radical (unpaired) electrons. The smallest absolute Gasteiger partial charge is 0.369 e. The second-order valence-electron chi connectivity index (χ2n) is 8.93. The molecule has 1 N–H and O–H groups in total. The number of aliphatic hydroxyl groups is 1. The van der Waals surface area contributed by atoms with E-state index in [1.807, 2.05) is 48.2 Å². The Labute approximate surface area is 202 Å².